The molecule has 0 heterocycles. The molecule has 0 fully saturated rings. The van der Waals surface area contributed by atoms with Gasteiger partial charge in [0, 0.05) is 7.11 Å². The van der Waals surface area contributed by atoms with Crippen LogP contribution in [0.25, 0.3) is 0 Å². The summed E-state index contributed by atoms with van der Waals surface area (Å²) in [5, 5.41) is 0. The molecule has 0 bridgehead atoms. The van der Waals surface area contributed by atoms with Crippen molar-refractivity contribution in [3.05, 3.63) is 24.3 Å². The minimum atomic E-state index is 0.209. The van der Waals surface area contributed by atoms with E-state index in [-0.39, 0.29) is 6.10 Å². The predicted octanol–water partition coefficient (Wildman–Crippen LogP) is 1.76. The maximum atomic E-state index is 5.07. The number of allylic oxidation sites excluding steroid dienone is 2. The normalized spacial score (nSPS) is 33.1. The van der Waals surface area contributed by atoms with E-state index in [0.717, 1.165) is 0 Å². The summed E-state index contributed by atoms with van der Waals surface area (Å²) in [5.41, 5.74) is 0. The molecular weight excluding hydrogens is 112 g/mol. The Morgan fingerprint density at radius 3 is 2.11 bits per heavy atom. The molecule has 0 aromatic heterocycles. The lowest BCUT2D eigenvalue weighted by Gasteiger charge is -2.11. The first-order valence-electron chi connectivity index (χ1n) is 3.22. The second-order valence-electron chi connectivity index (χ2n) is 2.33. The van der Waals surface area contributed by atoms with Crippen LogP contribution in [0.1, 0.15) is 6.92 Å². The zero-order valence-corrected chi connectivity index (χ0v) is 5.87. The molecule has 0 aromatic carbocycles. The SMILES string of the molecule is COC1C=CC(C)C=C1. The third-order valence-corrected chi connectivity index (χ3v) is 1.48. The number of methoxy groups -OCH3 is 1. The summed E-state index contributed by atoms with van der Waals surface area (Å²) >= 11 is 0. The molecule has 0 unspecified atom stereocenters. The highest BCUT2D eigenvalue weighted by Gasteiger charge is 2.02. The quantitative estimate of drug-likeness (QED) is 0.484. The maximum Gasteiger partial charge on any atom is 0.0934 e. The molecule has 1 rings (SSSR count). The van der Waals surface area contributed by atoms with Crippen molar-refractivity contribution in [1.82, 2.24) is 0 Å². The smallest absolute Gasteiger partial charge is 0.0934 e. The molecule has 0 aliphatic heterocycles. The number of ether oxygens (including phenoxy) is 1. The monoisotopic (exact) mass is 124 g/mol. The third-order valence-electron chi connectivity index (χ3n) is 1.48. The van der Waals surface area contributed by atoms with E-state index in [0.29, 0.717) is 5.92 Å². The Hall–Kier alpha value is -0.560. The van der Waals surface area contributed by atoms with E-state index < -0.39 is 0 Å². The Bertz CT molecular complexity index is 122. The molecule has 9 heavy (non-hydrogen) atoms. The first-order valence-corrected chi connectivity index (χ1v) is 3.22. The van der Waals surface area contributed by atoms with Crippen molar-refractivity contribution in [2.24, 2.45) is 5.92 Å². The van der Waals surface area contributed by atoms with Gasteiger partial charge in [-0.1, -0.05) is 31.2 Å². The van der Waals surface area contributed by atoms with Crippen molar-refractivity contribution in [2.45, 2.75) is 13.0 Å². The van der Waals surface area contributed by atoms with E-state index >= 15 is 0 Å². The van der Waals surface area contributed by atoms with Crippen molar-refractivity contribution in [1.29, 1.82) is 0 Å². The fourth-order valence-corrected chi connectivity index (χ4v) is 0.855. The molecule has 0 N–H and O–H groups in total. The van der Waals surface area contributed by atoms with Crippen molar-refractivity contribution < 1.29 is 4.74 Å². The number of hydrogen-bond donors (Lipinski definition) is 0. The summed E-state index contributed by atoms with van der Waals surface area (Å²) < 4.78 is 5.07. The Kier molecular flexibility index (Phi) is 2.06. The van der Waals surface area contributed by atoms with Gasteiger partial charge >= 0.3 is 0 Å². The summed E-state index contributed by atoms with van der Waals surface area (Å²) in [7, 11) is 1.72. The molecule has 0 amide bonds. The lowest BCUT2D eigenvalue weighted by molar-refractivity contribution is 0.175. The van der Waals surface area contributed by atoms with E-state index in [9.17, 15) is 0 Å². The zero-order valence-electron chi connectivity index (χ0n) is 5.87. The highest BCUT2D eigenvalue weighted by Crippen LogP contribution is 2.09. The van der Waals surface area contributed by atoms with Gasteiger partial charge in [0.1, 0.15) is 0 Å². The fourth-order valence-electron chi connectivity index (χ4n) is 0.855. The molecular formula is C8H12O. The van der Waals surface area contributed by atoms with Crippen LogP contribution < -0.4 is 0 Å². The van der Waals surface area contributed by atoms with Crippen LogP contribution in [0, 0.1) is 5.92 Å². The van der Waals surface area contributed by atoms with Crippen molar-refractivity contribution in [3.63, 3.8) is 0 Å². The van der Waals surface area contributed by atoms with Crippen molar-refractivity contribution >= 4 is 0 Å². The minimum Gasteiger partial charge on any atom is -0.373 e. The fraction of sp³-hybridized carbons (Fsp3) is 0.500. The van der Waals surface area contributed by atoms with Gasteiger partial charge in [0.05, 0.1) is 6.10 Å². The van der Waals surface area contributed by atoms with E-state index in [2.05, 4.69) is 31.2 Å². The van der Waals surface area contributed by atoms with Gasteiger partial charge in [0.15, 0.2) is 0 Å². The van der Waals surface area contributed by atoms with E-state index in [1.807, 2.05) is 0 Å². The first-order chi connectivity index (χ1) is 4.33. The van der Waals surface area contributed by atoms with Gasteiger partial charge in [-0.2, -0.15) is 0 Å². The van der Waals surface area contributed by atoms with Crippen LogP contribution in [0.15, 0.2) is 24.3 Å². The second kappa shape index (κ2) is 2.83. The first kappa shape index (κ1) is 6.56. The van der Waals surface area contributed by atoms with Crippen LogP contribution >= 0.6 is 0 Å². The van der Waals surface area contributed by atoms with Crippen LogP contribution in [0.3, 0.4) is 0 Å². The summed E-state index contributed by atoms with van der Waals surface area (Å²) in [5.74, 6) is 0.580. The highest BCUT2D eigenvalue weighted by atomic mass is 16.5. The summed E-state index contributed by atoms with van der Waals surface area (Å²) in [6.07, 6.45) is 8.65. The van der Waals surface area contributed by atoms with Crippen molar-refractivity contribution in [3.8, 4) is 0 Å². The lowest BCUT2D eigenvalue weighted by Crippen LogP contribution is -2.06. The van der Waals surface area contributed by atoms with Gasteiger partial charge in [-0.3, -0.25) is 0 Å². The van der Waals surface area contributed by atoms with Crippen LogP contribution in [0.2, 0.25) is 0 Å². The Morgan fingerprint density at radius 1 is 1.11 bits per heavy atom. The summed E-state index contributed by atoms with van der Waals surface area (Å²) in [6.45, 7) is 2.15. The van der Waals surface area contributed by atoms with Gasteiger partial charge in [0.25, 0.3) is 0 Å². The van der Waals surface area contributed by atoms with Crippen LogP contribution in [-0.4, -0.2) is 13.2 Å². The summed E-state index contributed by atoms with van der Waals surface area (Å²) in [4.78, 5) is 0. The maximum absolute atomic E-state index is 5.07. The lowest BCUT2D eigenvalue weighted by atomic mass is 10.0. The third kappa shape index (κ3) is 1.68. The van der Waals surface area contributed by atoms with Gasteiger partial charge in [-0.05, 0) is 5.92 Å². The van der Waals surface area contributed by atoms with Gasteiger partial charge in [-0.25, -0.2) is 0 Å². The molecule has 0 spiro atoms. The standard InChI is InChI=1S/C8H12O/c1-7-3-5-8(9-2)6-4-7/h3-8H,1-2H3. The molecule has 0 atom stereocenters. The van der Waals surface area contributed by atoms with Crippen molar-refractivity contribution in [2.75, 3.05) is 7.11 Å². The van der Waals surface area contributed by atoms with Gasteiger partial charge in [0.2, 0.25) is 0 Å². The van der Waals surface area contributed by atoms with E-state index in [4.69, 9.17) is 4.74 Å². The van der Waals surface area contributed by atoms with Gasteiger partial charge < -0.3 is 4.74 Å². The molecule has 0 radical (unpaired) electrons. The Morgan fingerprint density at radius 2 is 1.67 bits per heavy atom. The van der Waals surface area contributed by atoms with Crippen LogP contribution in [0.4, 0.5) is 0 Å². The summed E-state index contributed by atoms with van der Waals surface area (Å²) in [6, 6.07) is 0. The number of hydrogen-bond acceptors (Lipinski definition) is 1. The van der Waals surface area contributed by atoms with E-state index in [1.54, 1.807) is 7.11 Å². The largest absolute Gasteiger partial charge is 0.373 e. The molecule has 1 nitrogen and oxygen atoms in total. The van der Waals surface area contributed by atoms with Crippen LogP contribution in [0.5, 0.6) is 0 Å². The second-order valence-corrected chi connectivity index (χ2v) is 2.33. The minimum absolute atomic E-state index is 0.209. The molecule has 1 aliphatic carbocycles. The molecule has 1 aliphatic rings. The molecule has 0 aromatic rings. The topological polar surface area (TPSA) is 9.23 Å². The number of rotatable bonds is 1. The highest BCUT2D eigenvalue weighted by molar-refractivity contribution is 5.13. The molecule has 50 valence electrons. The average molecular weight is 124 g/mol. The molecule has 0 saturated heterocycles. The van der Waals surface area contributed by atoms with Gasteiger partial charge in [-0.15, -0.1) is 0 Å². The average Bonchev–Trinajstić information content (AvgIpc) is 1.90. The predicted molar refractivity (Wildman–Crippen MR) is 38.2 cm³/mol. The van der Waals surface area contributed by atoms with Crippen LogP contribution in [-0.2, 0) is 4.74 Å². The molecule has 1 heteroatoms. The zero-order chi connectivity index (χ0) is 6.69. The Balaban J connectivity index is 2.48. The Labute approximate surface area is 56.0 Å². The van der Waals surface area contributed by atoms with E-state index in [1.165, 1.54) is 0 Å². The molecule has 0 saturated carbocycles.